The van der Waals surface area contributed by atoms with Crippen LogP contribution in [0, 0.1) is 0 Å². The Morgan fingerprint density at radius 3 is 2.65 bits per heavy atom. The Hall–Kier alpha value is -2.76. The van der Waals surface area contributed by atoms with E-state index in [4.69, 9.17) is 5.11 Å². The summed E-state index contributed by atoms with van der Waals surface area (Å²) < 4.78 is 0. The Bertz CT molecular complexity index is 685. The quantitative estimate of drug-likeness (QED) is 0.889. The van der Waals surface area contributed by atoms with Gasteiger partial charge in [0.2, 0.25) is 0 Å². The van der Waals surface area contributed by atoms with E-state index in [1.165, 1.54) is 18.6 Å². The average Bonchev–Trinajstić information content (AvgIpc) is 2.90. The van der Waals surface area contributed by atoms with Crippen LogP contribution >= 0.6 is 0 Å². The topological polar surface area (TPSA) is 83.4 Å². The molecule has 0 fully saturated rings. The number of carbonyl (C=O) groups is 2. The molecule has 0 saturated carbocycles. The second-order valence-electron chi connectivity index (χ2n) is 4.54. The average molecular weight is 269 g/mol. The van der Waals surface area contributed by atoms with Gasteiger partial charge in [0.25, 0.3) is 5.91 Å². The Morgan fingerprint density at radius 1 is 1.15 bits per heavy atom. The summed E-state index contributed by atoms with van der Waals surface area (Å²) >= 11 is 0. The van der Waals surface area contributed by atoms with E-state index in [1.54, 1.807) is 23.1 Å². The molecule has 0 atom stereocenters. The molecule has 6 nitrogen and oxygen atoms in total. The van der Waals surface area contributed by atoms with E-state index in [9.17, 15) is 9.59 Å². The van der Waals surface area contributed by atoms with Gasteiger partial charge in [-0.2, -0.15) is 0 Å². The van der Waals surface area contributed by atoms with Gasteiger partial charge in [0.15, 0.2) is 0 Å². The van der Waals surface area contributed by atoms with E-state index in [0.29, 0.717) is 18.8 Å². The maximum atomic E-state index is 12.2. The van der Waals surface area contributed by atoms with Crippen molar-refractivity contribution in [2.24, 2.45) is 0 Å². The summed E-state index contributed by atoms with van der Waals surface area (Å²) in [5, 5.41) is 8.97. The molecule has 0 spiro atoms. The Morgan fingerprint density at radius 2 is 1.95 bits per heavy atom. The van der Waals surface area contributed by atoms with Crippen molar-refractivity contribution in [2.45, 2.75) is 13.1 Å². The molecule has 1 aromatic carbocycles. The summed E-state index contributed by atoms with van der Waals surface area (Å²) in [6.07, 6.45) is 4.40. The van der Waals surface area contributed by atoms with Gasteiger partial charge in [-0.1, -0.05) is 6.07 Å². The predicted molar refractivity (Wildman–Crippen MR) is 69.0 cm³/mol. The highest BCUT2D eigenvalue weighted by Crippen LogP contribution is 2.25. The fourth-order valence-electron chi connectivity index (χ4n) is 2.24. The van der Waals surface area contributed by atoms with E-state index in [2.05, 4.69) is 9.97 Å². The molecular weight excluding hydrogens is 258 g/mol. The SMILES string of the molecule is O=C(O)c1ccc2c(c1)CN(C(=O)c1cnccn1)C2. The number of fused-ring (bicyclic) bond motifs is 1. The van der Waals surface area contributed by atoms with Gasteiger partial charge in [0.05, 0.1) is 11.8 Å². The number of hydrogen-bond donors (Lipinski definition) is 1. The summed E-state index contributed by atoms with van der Waals surface area (Å²) in [5.74, 6) is -1.17. The highest BCUT2D eigenvalue weighted by molar-refractivity contribution is 5.92. The number of hydrogen-bond acceptors (Lipinski definition) is 4. The summed E-state index contributed by atoms with van der Waals surface area (Å²) in [6.45, 7) is 0.858. The third kappa shape index (κ3) is 2.11. The lowest BCUT2D eigenvalue weighted by atomic mass is 10.1. The number of carbonyl (C=O) groups excluding carboxylic acids is 1. The van der Waals surface area contributed by atoms with Crippen LogP contribution in [0.5, 0.6) is 0 Å². The number of benzene rings is 1. The molecule has 20 heavy (non-hydrogen) atoms. The van der Waals surface area contributed by atoms with E-state index < -0.39 is 5.97 Å². The molecule has 0 aliphatic carbocycles. The van der Waals surface area contributed by atoms with Crippen molar-refractivity contribution in [3.8, 4) is 0 Å². The standard InChI is InChI=1S/C14H11N3O3/c18-13(12-6-15-3-4-16-12)17-7-10-2-1-9(14(19)20)5-11(10)8-17/h1-6H,7-8H2,(H,19,20). The van der Waals surface area contributed by atoms with Crippen molar-refractivity contribution in [2.75, 3.05) is 0 Å². The number of carboxylic acid groups (broad SMARTS) is 1. The third-order valence-electron chi connectivity index (χ3n) is 3.25. The molecule has 2 heterocycles. The van der Waals surface area contributed by atoms with Gasteiger partial charge in [0, 0.05) is 25.5 Å². The van der Waals surface area contributed by atoms with E-state index in [1.807, 2.05) is 0 Å². The molecule has 3 rings (SSSR count). The fraction of sp³-hybridized carbons (Fsp3) is 0.143. The number of carboxylic acids is 1. The van der Waals surface area contributed by atoms with Gasteiger partial charge in [-0.25, -0.2) is 9.78 Å². The van der Waals surface area contributed by atoms with Gasteiger partial charge < -0.3 is 10.0 Å². The van der Waals surface area contributed by atoms with Gasteiger partial charge in [-0.15, -0.1) is 0 Å². The zero-order chi connectivity index (χ0) is 14.1. The largest absolute Gasteiger partial charge is 0.478 e. The van der Waals surface area contributed by atoms with Gasteiger partial charge in [-0.05, 0) is 23.3 Å². The highest BCUT2D eigenvalue weighted by Gasteiger charge is 2.25. The van der Waals surface area contributed by atoms with Gasteiger partial charge in [0.1, 0.15) is 5.69 Å². The van der Waals surface area contributed by atoms with E-state index in [-0.39, 0.29) is 11.5 Å². The molecule has 1 N–H and O–H groups in total. The van der Waals surface area contributed by atoms with E-state index >= 15 is 0 Å². The highest BCUT2D eigenvalue weighted by atomic mass is 16.4. The Kier molecular flexibility index (Phi) is 2.90. The van der Waals surface area contributed by atoms with Crippen LogP contribution in [0.2, 0.25) is 0 Å². The van der Waals surface area contributed by atoms with Crippen molar-refractivity contribution in [1.82, 2.24) is 14.9 Å². The zero-order valence-corrected chi connectivity index (χ0v) is 10.5. The first-order valence-corrected chi connectivity index (χ1v) is 6.05. The van der Waals surface area contributed by atoms with Crippen molar-refractivity contribution in [3.63, 3.8) is 0 Å². The second kappa shape index (κ2) is 4.73. The zero-order valence-electron chi connectivity index (χ0n) is 10.5. The van der Waals surface area contributed by atoms with Crippen LogP contribution in [0.3, 0.4) is 0 Å². The fourth-order valence-corrected chi connectivity index (χ4v) is 2.24. The minimum Gasteiger partial charge on any atom is -0.478 e. The van der Waals surface area contributed by atoms with E-state index in [0.717, 1.165) is 11.1 Å². The van der Waals surface area contributed by atoms with Crippen molar-refractivity contribution >= 4 is 11.9 Å². The molecule has 1 aromatic heterocycles. The number of nitrogens with zero attached hydrogens (tertiary/aromatic N) is 3. The lowest BCUT2D eigenvalue weighted by Gasteiger charge is -2.14. The molecule has 6 heteroatoms. The maximum Gasteiger partial charge on any atom is 0.335 e. The molecule has 1 amide bonds. The number of aromatic carboxylic acids is 1. The smallest absolute Gasteiger partial charge is 0.335 e. The van der Waals surface area contributed by atoms with Crippen molar-refractivity contribution < 1.29 is 14.7 Å². The Balaban J connectivity index is 1.84. The Labute approximate surface area is 114 Å². The van der Waals surface area contributed by atoms with Gasteiger partial charge >= 0.3 is 5.97 Å². The summed E-state index contributed by atoms with van der Waals surface area (Å²) in [7, 11) is 0. The molecule has 100 valence electrons. The first-order valence-electron chi connectivity index (χ1n) is 6.05. The molecule has 1 aliphatic rings. The predicted octanol–water partition coefficient (Wildman–Crippen LogP) is 1.33. The molecule has 0 bridgehead atoms. The first-order chi connectivity index (χ1) is 9.65. The van der Waals surface area contributed by atoms with Crippen LogP contribution in [0.4, 0.5) is 0 Å². The van der Waals surface area contributed by atoms with Crippen LogP contribution < -0.4 is 0 Å². The van der Waals surface area contributed by atoms with Crippen LogP contribution in [-0.4, -0.2) is 31.9 Å². The summed E-state index contributed by atoms with van der Waals surface area (Å²) in [4.78, 5) is 32.7. The second-order valence-corrected chi connectivity index (χ2v) is 4.54. The first kappa shape index (κ1) is 12.3. The molecule has 0 radical (unpaired) electrons. The molecule has 0 unspecified atom stereocenters. The van der Waals surface area contributed by atoms with Crippen LogP contribution in [-0.2, 0) is 13.1 Å². The van der Waals surface area contributed by atoms with Crippen molar-refractivity contribution in [1.29, 1.82) is 0 Å². The molecule has 0 saturated heterocycles. The molecular formula is C14H11N3O3. The summed E-state index contributed by atoms with van der Waals surface area (Å²) in [5.41, 5.74) is 2.35. The normalized spacial score (nSPS) is 13.1. The lowest BCUT2D eigenvalue weighted by Crippen LogP contribution is -2.26. The monoisotopic (exact) mass is 269 g/mol. The van der Waals surface area contributed by atoms with Gasteiger partial charge in [-0.3, -0.25) is 9.78 Å². The molecule has 2 aromatic rings. The van der Waals surface area contributed by atoms with Crippen LogP contribution in [0.15, 0.2) is 36.8 Å². The van der Waals surface area contributed by atoms with Crippen molar-refractivity contribution in [3.05, 3.63) is 59.2 Å². The minimum absolute atomic E-state index is 0.203. The lowest BCUT2D eigenvalue weighted by molar-refractivity contribution is 0.0696. The number of amides is 1. The number of aromatic nitrogens is 2. The molecule has 1 aliphatic heterocycles. The summed E-state index contributed by atoms with van der Waals surface area (Å²) in [6, 6.07) is 4.92. The van der Waals surface area contributed by atoms with Crippen LogP contribution in [0.1, 0.15) is 32.0 Å². The maximum absolute atomic E-state index is 12.2. The number of rotatable bonds is 2. The van der Waals surface area contributed by atoms with Crippen LogP contribution in [0.25, 0.3) is 0 Å². The minimum atomic E-state index is -0.966. The third-order valence-corrected chi connectivity index (χ3v) is 3.25.